The Morgan fingerprint density at radius 3 is 2.50 bits per heavy atom. The fourth-order valence-corrected chi connectivity index (χ4v) is 5.12. The first-order chi connectivity index (χ1) is 14.4. The number of nitrogens with one attached hydrogen (secondary N) is 1. The van der Waals surface area contributed by atoms with Crippen molar-refractivity contribution in [3.8, 4) is 11.4 Å². The van der Waals surface area contributed by atoms with Gasteiger partial charge in [0.2, 0.25) is 10.0 Å². The number of nitrogens with zero attached hydrogens (tertiary/aromatic N) is 4. The van der Waals surface area contributed by atoms with Crippen molar-refractivity contribution in [1.29, 1.82) is 0 Å². The fourth-order valence-electron chi connectivity index (χ4n) is 3.63. The molecule has 1 aliphatic rings. The summed E-state index contributed by atoms with van der Waals surface area (Å²) in [7, 11) is -3.40. The molecule has 30 heavy (non-hydrogen) atoms. The molecule has 1 aliphatic heterocycles. The number of hydrogen-bond acceptors (Lipinski definition) is 7. The summed E-state index contributed by atoms with van der Waals surface area (Å²) in [6, 6.07) is 11.4. The monoisotopic (exact) mass is 427 g/mol. The molecule has 158 valence electrons. The van der Waals surface area contributed by atoms with Gasteiger partial charge in [0.1, 0.15) is 5.82 Å². The Hall–Kier alpha value is -2.62. The molecule has 1 N–H and O–H groups in total. The number of ether oxygens (including phenoxy) is 1. The van der Waals surface area contributed by atoms with E-state index in [9.17, 15) is 8.42 Å². The van der Waals surface area contributed by atoms with Crippen molar-refractivity contribution in [3.63, 3.8) is 0 Å². The molecule has 1 aromatic carbocycles. The molecule has 1 fully saturated rings. The predicted octanol–water partition coefficient (Wildman–Crippen LogP) is 2.54. The Balaban J connectivity index is 1.54. The van der Waals surface area contributed by atoms with Crippen LogP contribution in [0.2, 0.25) is 0 Å². The molecule has 1 saturated heterocycles. The van der Waals surface area contributed by atoms with Crippen molar-refractivity contribution < 1.29 is 13.2 Å². The van der Waals surface area contributed by atoms with Gasteiger partial charge in [0.25, 0.3) is 0 Å². The topological polar surface area (TPSA) is 97.3 Å². The minimum Gasteiger partial charge on any atom is -0.373 e. The molecule has 0 radical (unpaired) electrons. The Kier molecular flexibility index (Phi) is 5.94. The summed E-state index contributed by atoms with van der Waals surface area (Å²) in [6.45, 7) is 4.80. The maximum absolute atomic E-state index is 12.8. The highest BCUT2D eigenvalue weighted by Crippen LogP contribution is 2.24. The molecule has 0 amide bonds. The van der Waals surface area contributed by atoms with E-state index in [1.807, 2.05) is 50.2 Å². The number of anilines is 1. The van der Waals surface area contributed by atoms with E-state index in [4.69, 9.17) is 4.74 Å². The molecular formula is C21H25N5O3S. The summed E-state index contributed by atoms with van der Waals surface area (Å²) in [5.41, 5.74) is 1.64. The van der Waals surface area contributed by atoms with Gasteiger partial charge in [-0.3, -0.25) is 4.98 Å². The van der Waals surface area contributed by atoms with Crippen molar-refractivity contribution in [2.75, 3.05) is 30.7 Å². The van der Waals surface area contributed by atoms with Crippen molar-refractivity contribution in [2.45, 2.75) is 26.1 Å². The second kappa shape index (κ2) is 8.63. The lowest BCUT2D eigenvalue weighted by Gasteiger charge is -2.34. The first kappa shape index (κ1) is 20.6. The van der Waals surface area contributed by atoms with Gasteiger partial charge in [-0.25, -0.2) is 18.4 Å². The molecule has 0 saturated carbocycles. The molecule has 4 rings (SSSR count). The van der Waals surface area contributed by atoms with Crippen molar-refractivity contribution in [3.05, 3.63) is 48.8 Å². The first-order valence-electron chi connectivity index (χ1n) is 9.97. The minimum absolute atomic E-state index is 0.0185. The van der Waals surface area contributed by atoms with Crippen LogP contribution in [-0.2, 0) is 14.8 Å². The number of morpholine rings is 1. The lowest BCUT2D eigenvalue weighted by molar-refractivity contribution is -0.0440. The Morgan fingerprint density at radius 1 is 1.07 bits per heavy atom. The number of hydrogen-bond donors (Lipinski definition) is 1. The van der Waals surface area contributed by atoms with Gasteiger partial charge in [0.05, 0.1) is 23.5 Å². The molecule has 3 heterocycles. The van der Waals surface area contributed by atoms with Gasteiger partial charge in [-0.2, -0.15) is 4.31 Å². The number of rotatable bonds is 6. The summed E-state index contributed by atoms with van der Waals surface area (Å²) in [5.74, 6) is 1.17. The van der Waals surface area contributed by atoms with Gasteiger partial charge in [0, 0.05) is 43.0 Å². The van der Waals surface area contributed by atoms with E-state index in [0.717, 1.165) is 16.5 Å². The summed E-state index contributed by atoms with van der Waals surface area (Å²) in [6.07, 6.45) is 3.17. The summed E-state index contributed by atoms with van der Waals surface area (Å²) < 4.78 is 32.8. The lowest BCUT2D eigenvalue weighted by Crippen LogP contribution is -2.49. The molecular weight excluding hydrogens is 402 g/mol. The van der Waals surface area contributed by atoms with Crippen LogP contribution in [0.4, 0.5) is 5.82 Å². The Bertz CT molecular complexity index is 1110. The van der Waals surface area contributed by atoms with Crippen LogP contribution in [0.1, 0.15) is 13.8 Å². The normalized spacial score (nSPS) is 20.3. The van der Waals surface area contributed by atoms with Crippen LogP contribution >= 0.6 is 0 Å². The van der Waals surface area contributed by atoms with Crippen molar-refractivity contribution in [2.24, 2.45) is 0 Å². The number of fused-ring (bicyclic) bond motifs is 1. The van der Waals surface area contributed by atoms with Gasteiger partial charge in [0.15, 0.2) is 5.82 Å². The number of para-hydroxylation sites is 1. The van der Waals surface area contributed by atoms with Gasteiger partial charge in [-0.1, -0.05) is 12.1 Å². The molecule has 2 atom stereocenters. The Morgan fingerprint density at radius 2 is 1.77 bits per heavy atom. The first-order valence-corrected chi connectivity index (χ1v) is 11.6. The van der Waals surface area contributed by atoms with Crippen LogP contribution in [0.25, 0.3) is 22.3 Å². The van der Waals surface area contributed by atoms with Gasteiger partial charge >= 0.3 is 0 Å². The summed E-state index contributed by atoms with van der Waals surface area (Å²) in [4.78, 5) is 13.3. The summed E-state index contributed by atoms with van der Waals surface area (Å²) >= 11 is 0. The van der Waals surface area contributed by atoms with E-state index < -0.39 is 10.0 Å². The van der Waals surface area contributed by atoms with E-state index >= 15 is 0 Å². The summed E-state index contributed by atoms with van der Waals surface area (Å²) in [5, 5.41) is 4.06. The SMILES string of the molecule is C[C@@H]1CN(S(=O)(=O)CCNc2nc(-c3ccncc3)nc3ccccc23)C[C@@H](C)O1. The van der Waals surface area contributed by atoms with Crippen LogP contribution in [0.5, 0.6) is 0 Å². The fraction of sp³-hybridized carbons (Fsp3) is 0.381. The molecule has 8 nitrogen and oxygen atoms in total. The third-order valence-corrected chi connectivity index (χ3v) is 6.78. The van der Waals surface area contributed by atoms with Crippen LogP contribution in [0.3, 0.4) is 0 Å². The van der Waals surface area contributed by atoms with Crippen molar-refractivity contribution >= 4 is 26.7 Å². The molecule has 2 aromatic heterocycles. The van der Waals surface area contributed by atoms with Crippen LogP contribution in [0.15, 0.2) is 48.8 Å². The smallest absolute Gasteiger partial charge is 0.216 e. The zero-order chi connectivity index (χ0) is 21.1. The molecule has 0 bridgehead atoms. The van der Waals surface area contributed by atoms with Gasteiger partial charge < -0.3 is 10.1 Å². The average Bonchev–Trinajstić information content (AvgIpc) is 2.73. The molecule has 0 aliphatic carbocycles. The number of sulfonamides is 1. The predicted molar refractivity (Wildman–Crippen MR) is 117 cm³/mol. The third-order valence-electron chi connectivity index (χ3n) is 4.97. The third kappa shape index (κ3) is 4.58. The zero-order valence-corrected chi connectivity index (χ0v) is 17.8. The van der Waals surface area contributed by atoms with E-state index in [1.54, 1.807) is 12.4 Å². The maximum Gasteiger partial charge on any atom is 0.216 e. The molecule has 0 unspecified atom stereocenters. The molecule has 3 aromatic rings. The van der Waals surface area contributed by atoms with Crippen LogP contribution < -0.4 is 5.32 Å². The van der Waals surface area contributed by atoms with Crippen LogP contribution in [0, 0.1) is 0 Å². The average molecular weight is 428 g/mol. The molecule has 0 spiro atoms. The standard InChI is InChI=1S/C21H25N5O3S/c1-15-13-26(14-16(2)29-15)30(27,28)12-11-23-21-18-5-3-4-6-19(18)24-20(25-21)17-7-9-22-10-8-17/h3-10,15-16H,11-14H2,1-2H3,(H,23,24,25)/t15-,16-/m1/s1. The number of benzene rings is 1. The van der Waals surface area contributed by atoms with E-state index in [2.05, 4.69) is 20.3 Å². The van der Waals surface area contributed by atoms with Gasteiger partial charge in [-0.15, -0.1) is 0 Å². The van der Waals surface area contributed by atoms with E-state index in [1.165, 1.54) is 4.31 Å². The highest BCUT2D eigenvalue weighted by atomic mass is 32.2. The zero-order valence-electron chi connectivity index (χ0n) is 17.0. The lowest BCUT2D eigenvalue weighted by atomic mass is 10.2. The number of aromatic nitrogens is 3. The Labute approximate surface area is 176 Å². The maximum atomic E-state index is 12.8. The van der Waals surface area contributed by atoms with Crippen LogP contribution in [-0.4, -0.2) is 65.3 Å². The van der Waals surface area contributed by atoms with E-state index in [-0.39, 0.29) is 24.5 Å². The number of pyridine rings is 1. The second-order valence-electron chi connectivity index (χ2n) is 7.47. The van der Waals surface area contributed by atoms with E-state index in [0.29, 0.717) is 24.7 Å². The minimum atomic E-state index is -3.40. The largest absolute Gasteiger partial charge is 0.373 e. The van der Waals surface area contributed by atoms with Gasteiger partial charge in [-0.05, 0) is 38.1 Å². The molecule has 9 heteroatoms. The second-order valence-corrected chi connectivity index (χ2v) is 9.55. The quantitative estimate of drug-likeness (QED) is 0.646. The van der Waals surface area contributed by atoms with Crippen molar-refractivity contribution in [1.82, 2.24) is 19.3 Å². The highest BCUT2D eigenvalue weighted by Gasteiger charge is 2.30. The highest BCUT2D eigenvalue weighted by molar-refractivity contribution is 7.89.